The molecule has 6 heteroatoms. The largest absolute Gasteiger partial charge is 0.335 e. The topological polar surface area (TPSA) is 7.12 Å². The standard InChI is InChI=1S/C33H38ClN3S2/c1-6-24(20-32-35(7-2)29-23-27(34)15-17-31(29)38-32)21-33-36(18-11-19-37(3,4)5)28-22-26(14-16-30(28)39-33)25-12-9-8-10-13-25/h8-10,12-17,20-23H,6-7,11,18-19H2,1-5H3/q+2. The molecule has 4 aromatic rings. The minimum Gasteiger partial charge on any atom is -0.335 e. The molecule has 2 heterocycles. The molecule has 3 aromatic carbocycles. The highest BCUT2D eigenvalue weighted by molar-refractivity contribution is 8.03. The molecule has 0 radical (unpaired) electrons. The molecule has 0 saturated carbocycles. The number of halogens is 1. The van der Waals surface area contributed by atoms with Crippen LogP contribution in [0.4, 0.5) is 5.69 Å². The van der Waals surface area contributed by atoms with Gasteiger partial charge in [-0.1, -0.05) is 78.0 Å². The van der Waals surface area contributed by atoms with E-state index < -0.39 is 0 Å². The van der Waals surface area contributed by atoms with Gasteiger partial charge in [0.1, 0.15) is 4.70 Å². The van der Waals surface area contributed by atoms with Gasteiger partial charge in [0.25, 0.3) is 5.01 Å². The van der Waals surface area contributed by atoms with E-state index in [1.165, 1.54) is 47.5 Å². The number of quaternary nitrogens is 1. The summed E-state index contributed by atoms with van der Waals surface area (Å²) in [4.78, 5) is 3.65. The summed E-state index contributed by atoms with van der Waals surface area (Å²) >= 11 is 10.1. The van der Waals surface area contributed by atoms with E-state index in [2.05, 4.69) is 117 Å². The molecule has 0 fully saturated rings. The monoisotopic (exact) mass is 575 g/mol. The molecule has 1 aliphatic heterocycles. The van der Waals surface area contributed by atoms with Crippen LogP contribution in [0.1, 0.15) is 31.7 Å². The van der Waals surface area contributed by atoms with Gasteiger partial charge in [0.15, 0.2) is 6.54 Å². The molecular weight excluding hydrogens is 538 g/mol. The van der Waals surface area contributed by atoms with Gasteiger partial charge in [-0.15, -0.1) is 0 Å². The number of thiazole rings is 1. The van der Waals surface area contributed by atoms with Gasteiger partial charge in [-0.05, 0) is 60.4 Å². The lowest BCUT2D eigenvalue weighted by Gasteiger charge is -2.22. The number of benzene rings is 3. The highest BCUT2D eigenvalue weighted by atomic mass is 35.5. The van der Waals surface area contributed by atoms with Crippen LogP contribution in [0.5, 0.6) is 0 Å². The van der Waals surface area contributed by atoms with Crippen molar-refractivity contribution in [1.29, 1.82) is 0 Å². The molecule has 0 N–H and O–H groups in total. The minimum absolute atomic E-state index is 0.787. The van der Waals surface area contributed by atoms with Crippen molar-refractivity contribution < 1.29 is 9.05 Å². The Kier molecular flexibility index (Phi) is 8.53. The number of aromatic nitrogens is 1. The summed E-state index contributed by atoms with van der Waals surface area (Å²) in [6.07, 6.45) is 6.89. The van der Waals surface area contributed by atoms with Crippen LogP contribution in [0.25, 0.3) is 27.4 Å². The van der Waals surface area contributed by atoms with Crippen molar-refractivity contribution in [3.63, 3.8) is 0 Å². The van der Waals surface area contributed by atoms with E-state index >= 15 is 0 Å². The summed E-state index contributed by atoms with van der Waals surface area (Å²) in [6.45, 7) is 7.52. The number of nitrogens with zero attached hydrogens (tertiary/aromatic N) is 3. The zero-order chi connectivity index (χ0) is 27.6. The minimum atomic E-state index is 0.787. The first-order valence-corrected chi connectivity index (χ1v) is 15.8. The Labute approximate surface area is 246 Å². The number of aryl methyl sites for hydroxylation is 1. The van der Waals surface area contributed by atoms with Crippen LogP contribution < -0.4 is 9.47 Å². The second-order valence-corrected chi connectivity index (χ2v) is 13.6. The maximum Gasteiger partial charge on any atom is 0.263 e. The molecular formula is C33H38ClN3S2+2. The van der Waals surface area contributed by atoms with E-state index in [-0.39, 0.29) is 0 Å². The van der Waals surface area contributed by atoms with Crippen LogP contribution in [0.3, 0.4) is 0 Å². The fraction of sp³-hybridized carbons (Fsp3) is 0.303. The summed E-state index contributed by atoms with van der Waals surface area (Å²) in [5.74, 6) is 0. The Balaban J connectivity index is 1.55. The number of fused-ring (bicyclic) bond motifs is 2. The normalized spacial score (nSPS) is 15.0. The van der Waals surface area contributed by atoms with Gasteiger partial charge in [0.2, 0.25) is 5.52 Å². The molecule has 1 aliphatic rings. The van der Waals surface area contributed by atoms with E-state index in [1.807, 2.05) is 29.2 Å². The van der Waals surface area contributed by atoms with Crippen LogP contribution in [-0.4, -0.2) is 38.7 Å². The smallest absolute Gasteiger partial charge is 0.263 e. The summed E-state index contributed by atoms with van der Waals surface area (Å²) in [5.41, 5.74) is 6.40. The van der Waals surface area contributed by atoms with Crippen molar-refractivity contribution in [2.24, 2.45) is 0 Å². The van der Waals surface area contributed by atoms with E-state index in [0.29, 0.717) is 0 Å². The van der Waals surface area contributed by atoms with Crippen molar-refractivity contribution in [3.05, 3.63) is 93.4 Å². The average molecular weight is 576 g/mol. The van der Waals surface area contributed by atoms with Crippen LogP contribution in [0.2, 0.25) is 5.02 Å². The third-order valence-electron chi connectivity index (χ3n) is 7.08. The quantitative estimate of drug-likeness (QED) is 0.145. The molecule has 0 amide bonds. The zero-order valence-electron chi connectivity index (χ0n) is 23.6. The van der Waals surface area contributed by atoms with Crippen LogP contribution in [0, 0.1) is 0 Å². The second-order valence-electron chi connectivity index (χ2n) is 11.0. The summed E-state index contributed by atoms with van der Waals surface area (Å²) in [6, 6.07) is 23.8. The first kappa shape index (κ1) is 28.0. The lowest BCUT2D eigenvalue weighted by Crippen LogP contribution is -2.40. The number of rotatable bonds is 9. The van der Waals surface area contributed by atoms with E-state index in [0.717, 1.165) is 42.0 Å². The molecule has 0 spiro atoms. The molecule has 0 bridgehead atoms. The average Bonchev–Trinajstić information content (AvgIpc) is 3.44. The molecule has 3 nitrogen and oxygen atoms in total. The zero-order valence-corrected chi connectivity index (χ0v) is 26.0. The predicted molar refractivity (Wildman–Crippen MR) is 172 cm³/mol. The lowest BCUT2D eigenvalue weighted by molar-refractivity contribution is -0.873. The highest BCUT2D eigenvalue weighted by Gasteiger charge is 2.25. The van der Waals surface area contributed by atoms with Crippen LogP contribution in [-0.2, 0) is 6.54 Å². The molecule has 0 aliphatic carbocycles. The van der Waals surface area contributed by atoms with Crippen molar-refractivity contribution in [2.45, 2.75) is 38.1 Å². The Morgan fingerprint density at radius 1 is 0.974 bits per heavy atom. The van der Waals surface area contributed by atoms with Gasteiger partial charge in [-0.25, -0.2) is 0 Å². The van der Waals surface area contributed by atoms with Gasteiger partial charge < -0.3 is 9.38 Å². The molecule has 0 unspecified atom stereocenters. The molecule has 0 atom stereocenters. The number of allylic oxidation sites excluding steroid dienone is 2. The first-order valence-electron chi connectivity index (χ1n) is 13.7. The maximum atomic E-state index is 6.34. The number of hydrogen-bond acceptors (Lipinski definition) is 3. The van der Waals surface area contributed by atoms with E-state index in [9.17, 15) is 0 Å². The van der Waals surface area contributed by atoms with Gasteiger partial charge >= 0.3 is 0 Å². The fourth-order valence-electron chi connectivity index (χ4n) is 5.02. The summed E-state index contributed by atoms with van der Waals surface area (Å²) in [5, 5.41) is 3.37. The third kappa shape index (κ3) is 6.44. The van der Waals surface area contributed by atoms with Crippen molar-refractivity contribution in [1.82, 2.24) is 0 Å². The van der Waals surface area contributed by atoms with Crippen molar-refractivity contribution >= 4 is 56.7 Å². The van der Waals surface area contributed by atoms with Crippen molar-refractivity contribution in [3.8, 4) is 11.1 Å². The van der Waals surface area contributed by atoms with E-state index in [1.54, 1.807) is 0 Å². The molecule has 5 rings (SSSR count). The Morgan fingerprint density at radius 2 is 1.77 bits per heavy atom. The van der Waals surface area contributed by atoms with Gasteiger partial charge in [-0.2, -0.15) is 4.57 Å². The molecule has 1 aromatic heterocycles. The Morgan fingerprint density at radius 3 is 2.49 bits per heavy atom. The summed E-state index contributed by atoms with van der Waals surface area (Å²) < 4.78 is 4.86. The van der Waals surface area contributed by atoms with E-state index in [4.69, 9.17) is 11.6 Å². The maximum absolute atomic E-state index is 6.34. The SMILES string of the molecule is CCC(/C=C1\Sc2ccc(Cl)cc2N1CC)=C\c1sc2ccc(-c3ccccc3)cc2[n+]1CCC[N+](C)(C)C. The van der Waals surface area contributed by atoms with Gasteiger partial charge in [0, 0.05) is 28.6 Å². The second kappa shape index (κ2) is 11.9. The molecule has 39 heavy (non-hydrogen) atoms. The Hall–Kier alpha value is -2.57. The van der Waals surface area contributed by atoms with Gasteiger partial charge in [-0.3, -0.25) is 0 Å². The van der Waals surface area contributed by atoms with Gasteiger partial charge in [0.05, 0.1) is 44.8 Å². The summed E-state index contributed by atoms with van der Waals surface area (Å²) in [7, 11) is 6.82. The number of thioether (sulfide) groups is 1. The Bertz CT molecular complexity index is 1530. The predicted octanol–water partition coefficient (Wildman–Crippen LogP) is 8.87. The molecule has 202 valence electrons. The van der Waals surface area contributed by atoms with Crippen LogP contribution in [0.15, 0.2) is 88.3 Å². The molecule has 0 saturated heterocycles. The van der Waals surface area contributed by atoms with Crippen molar-refractivity contribution in [2.75, 3.05) is 39.1 Å². The first-order chi connectivity index (χ1) is 18.8. The highest BCUT2D eigenvalue weighted by Crippen LogP contribution is 2.47. The third-order valence-corrected chi connectivity index (χ3v) is 9.54. The fourth-order valence-corrected chi connectivity index (χ4v) is 7.52. The number of hydrogen-bond donors (Lipinski definition) is 0. The number of anilines is 1. The van der Waals surface area contributed by atoms with Crippen LogP contribution >= 0.6 is 34.7 Å². The lowest BCUT2D eigenvalue weighted by atomic mass is 10.1.